The molecule has 0 aliphatic rings. The number of aliphatic hydroxyl groups excluding tert-OH is 1. The molecule has 0 bridgehead atoms. The second-order valence-electron chi connectivity index (χ2n) is 3.64. The van der Waals surface area contributed by atoms with Crippen LogP contribution in [0, 0.1) is 0 Å². The number of hydrogen-bond donors (Lipinski definition) is 2. The Bertz CT molecular complexity index is 479. The van der Waals surface area contributed by atoms with Crippen molar-refractivity contribution in [3.8, 4) is 5.75 Å². The van der Waals surface area contributed by atoms with E-state index in [1.165, 1.54) is 19.2 Å². The molecule has 0 fully saturated rings. The molecule has 0 aromatic carbocycles. The average molecular weight is 253 g/mol. The molecule has 0 saturated carbocycles. The van der Waals surface area contributed by atoms with Crippen LogP contribution in [0.15, 0.2) is 35.3 Å². The highest BCUT2D eigenvalue weighted by molar-refractivity contribution is 5.86. The van der Waals surface area contributed by atoms with E-state index in [-0.39, 0.29) is 24.4 Å². The van der Waals surface area contributed by atoms with Crippen molar-refractivity contribution in [2.24, 2.45) is 0 Å². The number of ether oxygens (including phenoxy) is 2. The lowest BCUT2D eigenvalue weighted by atomic mass is 10.3. The third kappa shape index (κ3) is 4.42. The lowest BCUT2D eigenvalue weighted by Crippen LogP contribution is -2.22. The summed E-state index contributed by atoms with van der Waals surface area (Å²) in [5, 5.41) is 9.49. The normalized spacial score (nSPS) is 11.7. The van der Waals surface area contributed by atoms with E-state index in [0.29, 0.717) is 0 Å². The van der Waals surface area contributed by atoms with Crippen LogP contribution < -0.4 is 10.3 Å². The van der Waals surface area contributed by atoms with Crippen LogP contribution in [0.1, 0.15) is 13.3 Å². The summed E-state index contributed by atoms with van der Waals surface area (Å²) in [5.74, 6) is -0.518. The topological polar surface area (TPSA) is 88.6 Å². The lowest BCUT2D eigenvalue weighted by Gasteiger charge is -2.12. The van der Waals surface area contributed by atoms with Gasteiger partial charge in [-0.15, -0.1) is 0 Å². The van der Waals surface area contributed by atoms with Crippen LogP contribution in [-0.4, -0.2) is 29.0 Å². The Hall–Kier alpha value is -2.08. The van der Waals surface area contributed by atoms with Gasteiger partial charge >= 0.3 is 5.97 Å². The number of nitrogens with one attached hydrogen (secondary N) is 1. The molecule has 6 nitrogen and oxygen atoms in total. The number of H-pyrrole nitrogens is 1. The average Bonchev–Trinajstić information content (AvgIpc) is 2.32. The molecule has 0 amide bonds. The second kappa shape index (κ2) is 6.61. The maximum Gasteiger partial charge on any atom is 0.333 e. The fourth-order valence-corrected chi connectivity index (χ4v) is 1.08. The Morgan fingerprint density at radius 1 is 1.61 bits per heavy atom. The fourth-order valence-electron chi connectivity index (χ4n) is 1.08. The standard InChI is InChI=1S/C12H15NO5/c1-8(2)12(16)17-7-5-10(14)18-9-4-3-6-13-11(9)15/h3-4,6,10,14H,1,5,7H2,2H3,(H,13,15). The molecule has 0 radical (unpaired) electrons. The maximum atomic E-state index is 11.2. The molecular weight excluding hydrogens is 238 g/mol. The van der Waals surface area contributed by atoms with E-state index in [9.17, 15) is 14.7 Å². The van der Waals surface area contributed by atoms with Gasteiger partial charge in [-0.05, 0) is 19.1 Å². The lowest BCUT2D eigenvalue weighted by molar-refractivity contribution is -0.140. The van der Waals surface area contributed by atoms with Crippen molar-refractivity contribution in [3.05, 3.63) is 40.8 Å². The maximum absolute atomic E-state index is 11.2. The predicted octanol–water partition coefficient (Wildman–Crippen LogP) is 0.581. The number of esters is 1. The molecule has 1 unspecified atom stereocenters. The Kier molecular flexibility index (Phi) is 5.13. The molecule has 6 heteroatoms. The van der Waals surface area contributed by atoms with E-state index >= 15 is 0 Å². The zero-order valence-corrected chi connectivity index (χ0v) is 10.0. The van der Waals surface area contributed by atoms with E-state index in [4.69, 9.17) is 9.47 Å². The molecule has 0 spiro atoms. The van der Waals surface area contributed by atoms with Crippen molar-refractivity contribution in [1.82, 2.24) is 4.98 Å². The smallest absolute Gasteiger partial charge is 0.333 e. The third-order valence-corrected chi connectivity index (χ3v) is 1.99. The molecule has 1 heterocycles. The van der Waals surface area contributed by atoms with Crippen molar-refractivity contribution >= 4 is 5.97 Å². The Labute approximate surface area is 104 Å². The summed E-state index contributed by atoms with van der Waals surface area (Å²) in [4.78, 5) is 24.7. The van der Waals surface area contributed by atoms with Crippen molar-refractivity contribution < 1.29 is 19.4 Å². The van der Waals surface area contributed by atoms with Crippen molar-refractivity contribution in [3.63, 3.8) is 0 Å². The molecule has 2 N–H and O–H groups in total. The van der Waals surface area contributed by atoms with Gasteiger partial charge in [-0.1, -0.05) is 6.58 Å². The van der Waals surface area contributed by atoms with Crippen LogP contribution in [0.5, 0.6) is 5.75 Å². The molecule has 1 aromatic heterocycles. The van der Waals surface area contributed by atoms with Gasteiger partial charge in [0.1, 0.15) is 0 Å². The molecule has 0 saturated heterocycles. The fraction of sp³-hybridized carbons (Fsp3) is 0.333. The summed E-state index contributed by atoms with van der Waals surface area (Å²) in [6, 6.07) is 3.01. The van der Waals surface area contributed by atoms with Crippen molar-refractivity contribution in [2.75, 3.05) is 6.61 Å². The van der Waals surface area contributed by atoms with E-state index in [2.05, 4.69) is 11.6 Å². The minimum absolute atomic E-state index is 0.0104. The van der Waals surface area contributed by atoms with E-state index in [1.807, 2.05) is 0 Å². The number of carbonyl (C=O) groups excluding carboxylic acids is 1. The Morgan fingerprint density at radius 2 is 2.33 bits per heavy atom. The monoisotopic (exact) mass is 253 g/mol. The van der Waals surface area contributed by atoms with Gasteiger partial charge in [0, 0.05) is 18.2 Å². The van der Waals surface area contributed by atoms with Crippen LogP contribution in [0.25, 0.3) is 0 Å². The predicted molar refractivity (Wildman–Crippen MR) is 64.1 cm³/mol. The largest absolute Gasteiger partial charge is 0.462 e. The van der Waals surface area contributed by atoms with E-state index in [1.54, 1.807) is 6.07 Å². The van der Waals surface area contributed by atoms with Gasteiger partial charge in [-0.3, -0.25) is 4.79 Å². The van der Waals surface area contributed by atoms with Crippen molar-refractivity contribution in [1.29, 1.82) is 0 Å². The first-order valence-electron chi connectivity index (χ1n) is 5.35. The first kappa shape index (κ1) is 14.0. The number of pyridine rings is 1. The molecule has 1 aromatic rings. The van der Waals surface area contributed by atoms with Gasteiger partial charge in [0.05, 0.1) is 6.61 Å². The highest BCUT2D eigenvalue weighted by Crippen LogP contribution is 2.05. The SMILES string of the molecule is C=C(C)C(=O)OCCC(O)Oc1ccc[nH]c1=O. The highest BCUT2D eigenvalue weighted by Gasteiger charge is 2.10. The van der Waals surface area contributed by atoms with Gasteiger partial charge in [0.25, 0.3) is 5.56 Å². The minimum Gasteiger partial charge on any atom is -0.462 e. The first-order valence-corrected chi connectivity index (χ1v) is 5.35. The molecule has 1 rings (SSSR count). The summed E-state index contributed by atoms with van der Waals surface area (Å²) in [7, 11) is 0. The number of aliphatic hydroxyl groups is 1. The molecule has 0 aliphatic heterocycles. The van der Waals surface area contributed by atoms with Gasteiger partial charge in [0.15, 0.2) is 5.75 Å². The molecule has 98 valence electrons. The molecule has 0 aliphatic carbocycles. The molecule has 18 heavy (non-hydrogen) atoms. The summed E-state index contributed by atoms with van der Waals surface area (Å²) in [5.41, 5.74) is -0.152. The van der Waals surface area contributed by atoms with Crippen LogP contribution in [0.2, 0.25) is 0 Å². The highest BCUT2D eigenvalue weighted by atomic mass is 16.6. The summed E-state index contributed by atoms with van der Waals surface area (Å²) < 4.78 is 9.76. The van der Waals surface area contributed by atoms with Crippen LogP contribution in [0.4, 0.5) is 0 Å². The third-order valence-electron chi connectivity index (χ3n) is 1.99. The second-order valence-corrected chi connectivity index (χ2v) is 3.64. The number of rotatable bonds is 6. The molecular formula is C12H15NO5. The zero-order chi connectivity index (χ0) is 13.5. The Balaban J connectivity index is 2.37. The van der Waals surface area contributed by atoms with E-state index < -0.39 is 17.8 Å². The summed E-state index contributed by atoms with van der Waals surface area (Å²) in [6.07, 6.45) is 0.301. The van der Waals surface area contributed by atoms with E-state index in [0.717, 1.165) is 0 Å². The van der Waals surface area contributed by atoms with Crippen LogP contribution in [0.3, 0.4) is 0 Å². The van der Waals surface area contributed by atoms with Crippen LogP contribution in [-0.2, 0) is 9.53 Å². The zero-order valence-electron chi connectivity index (χ0n) is 10.0. The Morgan fingerprint density at radius 3 is 2.94 bits per heavy atom. The van der Waals surface area contributed by atoms with Gasteiger partial charge in [0.2, 0.25) is 6.29 Å². The van der Waals surface area contributed by atoms with Gasteiger partial charge < -0.3 is 19.6 Å². The molecule has 1 atom stereocenters. The quantitative estimate of drug-likeness (QED) is 0.440. The number of aromatic amines is 1. The van der Waals surface area contributed by atoms with Gasteiger partial charge in [-0.2, -0.15) is 0 Å². The number of aromatic nitrogens is 1. The minimum atomic E-state index is -1.22. The first-order chi connectivity index (χ1) is 8.50. The van der Waals surface area contributed by atoms with Crippen molar-refractivity contribution in [2.45, 2.75) is 19.6 Å². The summed E-state index contributed by atoms with van der Waals surface area (Å²) >= 11 is 0. The number of hydrogen-bond acceptors (Lipinski definition) is 5. The summed E-state index contributed by atoms with van der Waals surface area (Å²) in [6.45, 7) is 4.93. The van der Waals surface area contributed by atoms with Crippen LogP contribution >= 0.6 is 0 Å². The number of carbonyl (C=O) groups is 1. The van der Waals surface area contributed by atoms with Gasteiger partial charge in [-0.25, -0.2) is 4.79 Å².